The largest absolute Gasteiger partial charge is 0.586 e. The Labute approximate surface area is 225 Å². The lowest BCUT2D eigenvalue weighted by atomic mass is 10.1. The van der Waals surface area contributed by atoms with E-state index in [1.54, 1.807) is 6.26 Å². The van der Waals surface area contributed by atoms with Crippen LogP contribution < -0.4 is 19.9 Å². The molecule has 0 saturated heterocycles. The molecular formula is C25H18F5N5O4S. The van der Waals surface area contributed by atoms with Crippen molar-refractivity contribution < 1.29 is 36.2 Å². The molecule has 4 aromatic rings. The normalized spacial score (nSPS) is 15.9. The van der Waals surface area contributed by atoms with Crippen molar-refractivity contribution in [3.63, 3.8) is 0 Å². The monoisotopic (exact) mass is 579 g/mol. The molecule has 1 saturated carbocycles. The summed E-state index contributed by atoms with van der Waals surface area (Å²) in [5, 5.41) is 4.28. The number of rotatable bonds is 6. The molecule has 3 heterocycles. The fourth-order valence-corrected chi connectivity index (χ4v) is 4.97. The Hall–Kier alpha value is -4.14. The zero-order chi connectivity index (χ0) is 28.4. The molecule has 1 aliphatic heterocycles. The molecule has 0 unspecified atom stereocenters. The molecule has 6 rings (SSSR count). The highest BCUT2D eigenvalue weighted by Gasteiger charge is 2.44. The quantitative estimate of drug-likeness (QED) is 0.252. The SMILES string of the molecule is CSc1cc(-c2nn(CC(=O)N(c3ccc4c(c3)OC(F)(F)O4)C3CC3)c(=O)c3nc[nH]c23)cc(C(F)(F)F)c1. The van der Waals surface area contributed by atoms with Gasteiger partial charge in [0.15, 0.2) is 17.0 Å². The molecule has 1 amide bonds. The fourth-order valence-electron chi connectivity index (χ4n) is 4.48. The highest BCUT2D eigenvalue weighted by molar-refractivity contribution is 7.98. The van der Waals surface area contributed by atoms with Gasteiger partial charge in [-0.1, -0.05) is 0 Å². The average molecular weight is 580 g/mol. The number of carbonyl (C=O) groups is 1. The molecule has 0 bridgehead atoms. The van der Waals surface area contributed by atoms with Crippen LogP contribution in [0.4, 0.5) is 27.6 Å². The molecule has 1 N–H and O–H groups in total. The van der Waals surface area contributed by atoms with Crippen molar-refractivity contribution in [1.82, 2.24) is 19.7 Å². The second kappa shape index (κ2) is 9.21. The van der Waals surface area contributed by atoms with E-state index in [1.807, 2.05) is 0 Å². The first-order valence-corrected chi connectivity index (χ1v) is 13.1. The van der Waals surface area contributed by atoms with Crippen LogP contribution in [0.1, 0.15) is 18.4 Å². The first kappa shape index (κ1) is 26.1. The van der Waals surface area contributed by atoms with E-state index < -0.39 is 36.0 Å². The molecule has 2 aromatic heterocycles. The summed E-state index contributed by atoms with van der Waals surface area (Å²) in [5.74, 6) is -1.02. The number of H-pyrrole nitrogens is 1. The summed E-state index contributed by atoms with van der Waals surface area (Å²) < 4.78 is 77.6. The number of alkyl halides is 5. The van der Waals surface area contributed by atoms with Gasteiger partial charge in [0, 0.05) is 28.3 Å². The van der Waals surface area contributed by atoms with Crippen LogP contribution in [0.15, 0.2) is 52.4 Å². The Morgan fingerprint density at radius 3 is 2.62 bits per heavy atom. The van der Waals surface area contributed by atoms with Gasteiger partial charge in [-0.2, -0.15) is 18.3 Å². The minimum absolute atomic E-state index is 0.00424. The summed E-state index contributed by atoms with van der Waals surface area (Å²) in [6.07, 6.45) is -4.33. The number of halogens is 5. The van der Waals surface area contributed by atoms with E-state index in [0.717, 1.165) is 28.6 Å². The van der Waals surface area contributed by atoms with Gasteiger partial charge < -0.3 is 19.4 Å². The maximum atomic E-state index is 13.6. The predicted molar refractivity (Wildman–Crippen MR) is 134 cm³/mol. The van der Waals surface area contributed by atoms with Crippen LogP contribution in [0.2, 0.25) is 0 Å². The summed E-state index contributed by atoms with van der Waals surface area (Å²) in [6, 6.07) is 7.10. The first-order chi connectivity index (χ1) is 18.9. The van der Waals surface area contributed by atoms with Gasteiger partial charge in [0.05, 0.1) is 17.4 Å². The number of fused-ring (bicyclic) bond motifs is 2. The highest BCUT2D eigenvalue weighted by atomic mass is 32.2. The van der Waals surface area contributed by atoms with Gasteiger partial charge >= 0.3 is 12.5 Å². The van der Waals surface area contributed by atoms with Gasteiger partial charge in [0.1, 0.15) is 12.2 Å². The Bertz CT molecular complexity index is 1720. The number of hydrogen-bond donors (Lipinski definition) is 1. The van der Waals surface area contributed by atoms with E-state index in [2.05, 4.69) is 24.5 Å². The first-order valence-electron chi connectivity index (χ1n) is 11.9. The van der Waals surface area contributed by atoms with Crippen molar-refractivity contribution in [2.45, 2.75) is 42.8 Å². The molecule has 2 aliphatic rings. The summed E-state index contributed by atoms with van der Waals surface area (Å²) in [6.45, 7) is -0.579. The molecule has 2 aromatic carbocycles. The molecule has 1 fully saturated rings. The standard InChI is InChI=1S/C25H18F5N5O4S/c1-40-16-7-12(6-13(8-16)24(26,27)28)20-21-22(32-11-31-21)23(37)34(33-20)10-19(36)35(14-2-3-14)15-4-5-17-18(9-15)39-25(29,30)38-17/h4-9,11,14H,2-3,10H2,1H3,(H,31,32). The Morgan fingerprint density at radius 1 is 1.18 bits per heavy atom. The van der Waals surface area contributed by atoms with Crippen molar-refractivity contribution in [2.75, 3.05) is 11.2 Å². The van der Waals surface area contributed by atoms with Crippen LogP contribution in [0.25, 0.3) is 22.3 Å². The minimum Gasteiger partial charge on any atom is -0.395 e. The third kappa shape index (κ3) is 4.74. The molecule has 15 heteroatoms. The number of nitrogens with one attached hydrogen (secondary N) is 1. The lowest BCUT2D eigenvalue weighted by Gasteiger charge is -2.23. The maximum Gasteiger partial charge on any atom is 0.586 e. The molecule has 40 heavy (non-hydrogen) atoms. The molecule has 0 atom stereocenters. The predicted octanol–water partition coefficient (Wildman–Crippen LogP) is 5.04. The van der Waals surface area contributed by atoms with Crippen LogP contribution in [0, 0.1) is 0 Å². The molecule has 208 valence electrons. The van der Waals surface area contributed by atoms with Gasteiger partial charge in [0.25, 0.3) is 5.56 Å². The van der Waals surface area contributed by atoms with E-state index in [1.165, 1.54) is 35.5 Å². The Balaban J connectivity index is 1.39. The van der Waals surface area contributed by atoms with E-state index in [0.29, 0.717) is 17.7 Å². The number of thioether (sulfide) groups is 1. The van der Waals surface area contributed by atoms with Crippen molar-refractivity contribution >= 4 is 34.4 Å². The van der Waals surface area contributed by atoms with E-state index in [-0.39, 0.29) is 45.5 Å². The lowest BCUT2D eigenvalue weighted by Crippen LogP contribution is -2.39. The van der Waals surface area contributed by atoms with Gasteiger partial charge in [-0.15, -0.1) is 20.5 Å². The zero-order valence-electron chi connectivity index (χ0n) is 20.5. The summed E-state index contributed by atoms with van der Waals surface area (Å²) in [7, 11) is 0. The number of imidazole rings is 1. The Morgan fingerprint density at radius 2 is 1.93 bits per heavy atom. The lowest BCUT2D eigenvalue weighted by molar-refractivity contribution is -0.286. The number of benzene rings is 2. The second-order valence-corrected chi connectivity index (χ2v) is 10.1. The highest BCUT2D eigenvalue weighted by Crippen LogP contribution is 2.44. The van der Waals surface area contributed by atoms with Gasteiger partial charge in [-0.05, 0) is 49.4 Å². The number of hydrogen-bond acceptors (Lipinski definition) is 7. The molecule has 0 spiro atoms. The molecule has 9 nitrogen and oxygen atoms in total. The topological polar surface area (TPSA) is 102 Å². The van der Waals surface area contributed by atoms with Crippen LogP contribution in [0.3, 0.4) is 0 Å². The van der Waals surface area contributed by atoms with E-state index in [4.69, 9.17) is 0 Å². The number of ether oxygens (including phenoxy) is 2. The van der Waals surface area contributed by atoms with E-state index in [9.17, 15) is 31.5 Å². The molecule has 1 aliphatic carbocycles. The number of nitrogens with zero attached hydrogens (tertiary/aromatic N) is 4. The van der Waals surface area contributed by atoms with Crippen molar-refractivity contribution in [2.24, 2.45) is 0 Å². The smallest absolute Gasteiger partial charge is 0.395 e. The van der Waals surface area contributed by atoms with Gasteiger partial charge in [-0.3, -0.25) is 9.59 Å². The van der Waals surface area contributed by atoms with Gasteiger partial charge in [0.2, 0.25) is 5.91 Å². The summed E-state index contributed by atoms with van der Waals surface area (Å²) in [4.78, 5) is 35.1. The van der Waals surface area contributed by atoms with Crippen molar-refractivity contribution in [1.29, 1.82) is 0 Å². The number of anilines is 1. The van der Waals surface area contributed by atoms with Crippen molar-refractivity contribution in [3.8, 4) is 22.8 Å². The minimum atomic E-state index is -4.63. The molecule has 0 radical (unpaired) electrons. The number of aromatic nitrogens is 4. The van der Waals surface area contributed by atoms with Gasteiger partial charge in [-0.25, -0.2) is 9.67 Å². The maximum absolute atomic E-state index is 13.6. The fraction of sp³-hybridized carbons (Fsp3) is 0.280. The number of aromatic amines is 1. The van der Waals surface area contributed by atoms with Crippen molar-refractivity contribution in [3.05, 3.63) is 58.6 Å². The number of amides is 1. The summed E-state index contributed by atoms with van der Waals surface area (Å²) in [5.41, 5.74) is -1.28. The molecular weight excluding hydrogens is 561 g/mol. The summed E-state index contributed by atoms with van der Waals surface area (Å²) >= 11 is 1.10. The second-order valence-electron chi connectivity index (χ2n) is 9.18. The Kier molecular flexibility index (Phi) is 6.01. The number of carbonyl (C=O) groups excluding carboxylic acids is 1. The van der Waals surface area contributed by atoms with Crippen LogP contribution in [-0.2, 0) is 17.5 Å². The van der Waals surface area contributed by atoms with E-state index >= 15 is 0 Å². The van der Waals surface area contributed by atoms with Crippen LogP contribution in [0.5, 0.6) is 11.5 Å². The third-order valence-corrected chi connectivity index (χ3v) is 7.11. The van der Waals surface area contributed by atoms with Crippen LogP contribution in [-0.4, -0.2) is 44.2 Å². The zero-order valence-corrected chi connectivity index (χ0v) is 21.3. The third-order valence-electron chi connectivity index (χ3n) is 6.41. The average Bonchev–Trinajstić information content (AvgIpc) is 3.49. The van der Waals surface area contributed by atoms with Crippen LogP contribution >= 0.6 is 11.8 Å².